The lowest BCUT2D eigenvalue weighted by molar-refractivity contribution is -0.143. The van der Waals surface area contributed by atoms with Gasteiger partial charge in [0, 0.05) is 25.4 Å². The zero-order valence-electron chi connectivity index (χ0n) is 9.72. The van der Waals surface area contributed by atoms with E-state index < -0.39 is 11.9 Å². The number of hydrogen-bond donors (Lipinski definition) is 2. The topological polar surface area (TPSA) is 79.3 Å². The molecule has 1 rings (SSSR count). The second kappa shape index (κ2) is 6.62. The van der Waals surface area contributed by atoms with Gasteiger partial charge in [-0.05, 0) is 18.1 Å². The first-order chi connectivity index (χ1) is 8.09. The van der Waals surface area contributed by atoms with Crippen LogP contribution < -0.4 is 5.32 Å². The average Bonchev–Trinajstić information content (AvgIpc) is 2.30. The number of aromatic nitrogens is 1. The molecule has 1 aromatic rings. The molecule has 1 amide bonds. The molecule has 0 aliphatic carbocycles. The summed E-state index contributed by atoms with van der Waals surface area (Å²) < 4.78 is 0. The summed E-state index contributed by atoms with van der Waals surface area (Å²) in [5.41, 5.74) is 1.04. The predicted octanol–water partition coefficient (Wildman–Crippen LogP) is 0.851. The first kappa shape index (κ1) is 13.2. The van der Waals surface area contributed by atoms with Crippen LogP contribution >= 0.6 is 0 Å². The average molecular weight is 236 g/mol. The van der Waals surface area contributed by atoms with Crippen molar-refractivity contribution >= 4 is 11.9 Å². The fourth-order valence-corrected chi connectivity index (χ4v) is 1.33. The molecule has 0 bridgehead atoms. The molecule has 0 aromatic carbocycles. The van der Waals surface area contributed by atoms with Crippen molar-refractivity contribution in [3.8, 4) is 0 Å². The van der Waals surface area contributed by atoms with E-state index >= 15 is 0 Å². The number of pyridine rings is 1. The van der Waals surface area contributed by atoms with Gasteiger partial charge in [-0.25, -0.2) is 0 Å². The minimum Gasteiger partial charge on any atom is -0.481 e. The Balaban J connectivity index is 2.23. The Labute approximate surface area is 99.9 Å². The molecule has 1 unspecified atom stereocenters. The Morgan fingerprint density at radius 2 is 2.29 bits per heavy atom. The van der Waals surface area contributed by atoms with Gasteiger partial charge < -0.3 is 10.4 Å². The molecule has 92 valence electrons. The first-order valence-corrected chi connectivity index (χ1v) is 5.48. The van der Waals surface area contributed by atoms with Gasteiger partial charge in [0.25, 0.3) is 0 Å². The van der Waals surface area contributed by atoms with E-state index in [0.29, 0.717) is 13.0 Å². The van der Waals surface area contributed by atoms with E-state index in [2.05, 4.69) is 10.3 Å². The molecule has 0 aliphatic rings. The van der Waals surface area contributed by atoms with Crippen molar-refractivity contribution in [2.24, 2.45) is 5.92 Å². The third kappa shape index (κ3) is 5.10. The molecule has 0 aliphatic heterocycles. The number of aliphatic carboxylic acids is 1. The number of amides is 1. The van der Waals surface area contributed by atoms with Crippen LogP contribution in [0.25, 0.3) is 0 Å². The van der Waals surface area contributed by atoms with E-state index in [1.807, 2.05) is 12.1 Å². The maximum Gasteiger partial charge on any atom is 0.306 e. The number of carbonyl (C=O) groups excluding carboxylic acids is 1. The number of carboxylic acids is 1. The Morgan fingerprint density at radius 3 is 2.88 bits per heavy atom. The number of hydrogen-bond acceptors (Lipinski definition) is 3. The van der Waals surface area contributed by atoms with E-state index in [1.54, 1.807) is 12.4 Å². The number of nitrogens with one attached hydrogen (secondary N) is 1. The number of nitrogens with zero attached hydrogens (tertiary/aromatic N) is 1. The SMILES string of the molecule is CC(CC(=O)NCCc1cccnc1)C(=O)O. The van der Waals surface area contributed by atoms with Gasteiger partial charge >= 0.3 is 5.97 Å². The predicted molar refractivity (Wildman–Crippen MR) is 62.4 cm³/mol. The molecule has 1 heterocycles. The van der Waals surface area contributed by atoms with E-state index in [9.17, 15) is 9.59 Å². The van der Waals surface area contributed by atoms with Crippen molar-refractivity contribution in [3.63, 3.8) is 0 Å². The maximum atomic E-state index is 11.4. The Hall–Kier alpha value is -1.91. The van der Waals surface area contributed by atoms with Gasteiger partial charge in [-0.2, -0.15) is 0 Å². The van der Waals surface area contributed by atoms with Gasteiger partial charge in [-0.15, -0.1) is 0 Å². The summed E-state index contributed by atoms with van der Waals surface area (Å²) in [6, 6.07) is 3.77. The van der Waals surface area contributed by atoms with E-state index in [1.165, 1.54) is 6.92 Å². The van der Waals surface area contributed by atoms with Crippen molar-refractivity contribution in [2.45, 2.75) is 19.8 Å². The highest BCUT2D eigenvalue weighted by molar-refractivity contribution is 5.81. The molecular formula is C12H16N2O3. The van der Waals surface area contributed by atoms with E-state index in [-0.39, 0.29) is 12.3 Å². The minimum atomic E-state index is -0.951. The van der Waals surface area contributed by atoms with Crippen LogP contribution in [0.2, 0.25) is 0 Å². The second-order valence-corrected chi connectivity index (χ2v) is 3.90. The molecule has 0 saturated heterocycles. The van der Waals surface area contributed by atoms with Crippen molar-refractivity contribution in [3.05, 3.63) is 30.1 Å². The van der Waals surface area contributed by atoms with Gasteiger partial charge in [0.15, 0.2) is 0 Å². The van der Waals surface area contributed by atoms with Crippen molar-refractivity contribution in [2.75, 3.05) is 6.54 Å². The highest BCUT2D eigenvalue weighted by Crippen LogP contribution is 2.01. The number of carbonyl (C=O) groups is 2. The maximum absolute atomic E-state index is 11.4. The molecule has 5 heteroatoms. The fraction of sp³-hybridized carbons (Fsp3) is 0.417. The lowest BCUT2D eigenvalue weighted by Gasteiger charge is -2.07. The van der Waals surface area contributed by atoms with Crippen molar-refractivity contribution in [1.82, 2.24) is 10.3 Å². The van der Waals surface area contributed by atoms with Gasteiger partial charge in [-0.1, -0.05) is 13.0 Å². The number of carboxylic acid groups (broad SMARTS) is 1. The van der Waals surface area contributed by atoms with Crippen LogP contribution in [0.4, 0.5) is 0 Å². The van der Waals surface area contributed by atoms with Crippen LogP contribution in [0, 0.1) is 5.92 Å². The zero-order chi connectivity index (χ0) is 12.7. The smallest absolute Gasteiger partial charge is 0.306 e. The van der Waals surface area contributed by atoms with Gasteiger partial charge in [0.1, 0.15) is 0 Å². The molecule has 0 fully saturated rings. The molecule has 1 aromatic heterocycles. The third-order valence-corrected chi connectivity index (χ3v) is 2.37. The van der Waals surface area contributed by atoms with Gasteiger partial charge in [-0.3, -0.25) is 14.6 Å². The summed E-state index contributed by atoms with van der Waals surface area (Å²) in [4.78, 5) is 25.9. The lowest BCUT2D eigenvalue weighted by atomic mass is 10.1. The monoisotopic (exact) mass is 236 g/mol. The van der Waals surface area contributed by atoms with Crippen LogP contribution in [-0.2, 0) is 16.0 Å². The molecule has 5 nitrogen and oxygen atoms in total. The molecule has 0 radical (unpaired) electrons. The summed E-state index contributed by atoms with van der Waals surface area (Å²) >= 11 is 0. The molecule has 2 N–H and O–H groups in total. The van der Waals surface area contributed by atoms with Crippen LogP contribution in [0.3, 0.4) is 0 Å². The molecular weight excluding hydrogens is 220 g/mol. The molecule has 0 saturated carbocycles. The van der Waals surface area contributed by atoms with Crippen LogP contribution in [0.15, 0.2) is 24.5 Å². The van der Waals surface area contributed by atoms with Crippen LogP contribution in [0.5, 0.6) is 0 Å². The standard InChI is InChI=1S/C12H16N2O3/c1-9(12(16)17)7-11(15)14-6-4-10-3-2-5-13-8-10/h2-3,5,8-9H,4,6-7H2,1H3,(H,14,15)(H,16,17). The summed E-state index contributed by atoms with van der Waals surface area (Å²) in [6.07, 6.45) is 4.14. The van der Waals surface area contributed by atoms with Crippen molar-refractivity contribution < 1.29 is 14.7 Å². The Kier molecular flexibility index (Phi) is 5.13. The summed E-state index contributed by atoms with van der Waals surface area (Å²) in [5, 5.41) is 11.3. The van der Waals surface area contributed by atoms with E-state index in [0.717, 1.165) is 5.56 Å². The Morgan fingerprint density at radius 1 is 1.53 bits per heavy atom. The number of rotatable bonds is 6. The lowest BCUT2D eigenvalue weighted by Crippen LogP contribution is -2.28. The molecule has 1 atom stereocenters. The highest BCUT2D eigenvalue weighted by Gasteiger charge is 2.14. The van der Waals surface area contributed by atoms with Gasteiger partial charge in [0.2, 0.25) is 5.91 Å². The third-order valence-electron chi connectivity index (χ3n) is 2.37. The van der Waals surface area contributed by atoms with Gasteiger partial charge in [0.05, 0.1) is 5.92 Å². The quantitative estimate of drug-likeness (QED) is 0.767. The highest BCUT2D eigenvalue weighted by atomic mass is 16.4. The van der Waals surface area contributed by atoms with Crippen LogP contribution in [0.1, 0.15) is 18.9 Å². The minimum absolute atomic E-state index is 0.0162. The summed E-state index contributed by atoms with van der Waals surface area (Å²) in [5.74, 6) is -1.83. The first-order valence-electron chi connectivity index (χ1n) is 5.48. The fourth-order valence-electron chi connectivity index (χ4n) is 1.33. The molecule has 17 heavy (non-hydrogen) atoms. The van der Waals surface area contributed by atoms with E-state index in [4.69, 9.17) is 5.11 Å². The van der Waals surface area contributed by atoms with Crippen molar-refractivity contribution in [1.29, 1.82) is 0 Å². The summed E-state index contributed by atoms with van der Waals surface area (Å²) in [6.45, 7) is 2.01. The normalized spacial score (nSPS) is 11.8. The largest absolute Gasteiger partial charge is 0.481 e. The second-order valence-electron chi connectivity index (χ2n) is 3.90. The Bertz CT molecular complexity index is 379. The zero-order valence-corrected chi connectivity index (χ0v) is 9.72. The van der Waals surface area contributed by atoms with Crippen LogP contribution in [-0.4, -0.2) is 28.5 Å². The molecule has 0 spiro atoms. The summed E-state index contributed by atoms with van der Waals surface area (Å²) in [7, 11) is 0.